The summed E-state index contributed by atoms with van der Waals surface area (Å²) in [5.74, 6) is 0. The standard InChI is InChI=1S/C23H23ClN2OS/c1-16-7-2-3-8-18(16)23(28)19-12-11-17(15-20(19)24)26-22-10-5-4-9-21(22)25-13-6-14-27/h2-5,7-12,15,25-27H,6,13-14H2,1H3. The normalized spacial score (nSPS) is 10.5. The molecule has 3 nitrogen and oxygen atoms in total. The number of aliphatic hydroxyl groups excluding tert-OH is 1. The fraction of sp³-hybridized carbons (Fsp3) is 0.174. The first-order chi connectivity index (χ1) is 13.6. The lowest BCUT2D eigenvalue weighted by atomic mass is 10.00. The summed E-state index contributed by atoms with van der Waals surface area (Å²) < 4.78 is 0. The summed E-state index contributed by atoms with van der Waals surface area (Å²) >= 11 is 12.2. The number of thiocarbonyl (C=S) groups is 1. The number of nitrogens with one attached hydrogen (secondary N) is 2. The van der Waals surface area contributed by atoms with E-state index in [1.54, 1.807) is 0 Å². The van der Waals surface area contributed by atoms with Crippen LogP contribution < -0.4 is 10.6 Å². The van der Waals surface area contributed by atoms with Crippen LogP contribution in [0.3, 0.4) is 0 Å². The van der Waals surface area contributed by atoms with Crippen molar-refractivity contribution in [2.75, 3.05) is 23.8 Å². The molecule has 144 valence electrons. The second kappa shape index (κ2) is 9.69. The summed E-state index contributed by atoms with van der Waals surface area (Å²) in [6.07, 6.45) is 0.700. The van der Waals surface area contributed by atoms with Crippen LogP contribution in [0.4, 0.5) is 17.1 Å². The largest absolute Gasteiger partial charge is 0.396 e. The van der Waals surface area contributed by atoms with Crippen molar-refractivity contribution in [3.8, 4) is 0 Å². The van der Waals surface area contributed by atoms with Gasteiger partial charge in [-0.2, -0.15) is 0 Å². The van der Waals surface area contributed by atoms with Crippen molar-refractivity contribution >= 4 is 45.7 Å². The zero-order chi connectivity index (χ0) is 19.9. The number of anilines is 3. The summed E-state index contributed by atoms with van der Waals surface area (Å²) in [6, 6.07) is 21.8. The van der Waals surface area contributed by atoms with Gasteiger partial charge in [0.15, 0.2) is 0 Å². The molecule has 0 heterocycles. The van der Waals surface area contributed by atoms with Gasteiger partial charge in [-0.1, -0.05) is 60.2 Å². The van der Waals surface area contributed by atoms with Crippen LogP contribution in [0.25, 0.3) is 0 Å². The van der Waals surface area contributed by atoms with Gasteiger partial charge in [0, 0.05) is 24.4 Å². The van der Waals surface area contributed by atoms with Crippen molar-refractivity contribution in [1.29, 1.82) is 0 Å². The average molecular weight is 411 g/mol. The maximum absolute atomic E-state index is 8.97. The number of aryl methyl sites for hydroxylation is 1. The van der Waals surface area contributed by atoms with Gasteiger partial charge < -0.3 is 15.7 Å². The van der Waals surface area contributed by atoms with Crippen molar-refractivity contribution in [2.24, 2.45) is 0 Å². The Balaban J connectivity index is 1.80. The molecule has 0 aliphatic heterocycles. The van der Waals surface area contributed by atoms with Crippen LogP contribution in [-0.4, -0.2) is 23.1 Å². The molecule has 3 aromatic carbocycles. The molecule has 0 fully saturated rings. The van der Waals surface area contributed by atoms with Crippen molar-refractivity contribution < 1.29 is 5.11 Å². The van der Waals surface area contributed by atoms with Gasteiger partial charge in [0.1, 0.15) is 0 Å². The molecule has 5 heteroatoms. The number of hydrogen-bond acceptors (Lipinski definition) is 4. The lowest BCUT2D eigenvalue weighted by Gasteiger charge is -2.15. The lowest BCUT2D eigenvalue weighted by Crippen LogP contribution is -2.06. The Morgan fingerprint density at radius 3 is 2.39 bits per heavy atom. The van der Waals surface area contributed by atoms with Crippen LogP contribution in [0.15, 0.2) is 66.7 Å². The highest BCUT2D eigenvalue weighted by Crippen LogP contribution is 2.29. The molecule has 0 spiro atoms. The van der Waals surface area contributed by atoms with E-state index in [0.717, 1.165) is 38.6 Å². The smallest absolute Gasteiger partial charge is 0.0620 e. The Kier molecular flexibility index (Phi) is 7.04. The van der Waals surface area contributed by atoms with Crippen LogP contribution in [0.5, 0.6) is 0 Å². The zero-order valence-corrected chi connectivity index (χ0v) is 17.3. The van der Waals surface area contributed by atoms with Crippen LogP contribution in [-0.2, 0) is 0 Å². The Bertz CT molecular complexity index is 974. The summed E-state index contributed by atoms with van der Waals surface area (Å²) in [7, 11) is 0. The summed E-state index contributed by atoms with van der Waals surface area (Å²) in [6.45, 7) is 2.92. The molecular formula is C23H23ClN2OS. The fourth-order valence-corrected chi connectivity index (χ4v) is 3.69. The maximum atomic E-state index is 8.97. The molecule has 0 aliphatic carbocycles. The predicted octanol–water partition coefficient (Wildman–Crippen LogP) is 5.95. The van der Waals surface area contributed by atoms with E-state index in [4.69, 9.17) is 28.9 Å². The third-order valence-electron chi connectivity index (χ3n) is 4.46. The van der Waals surface area contributed by atoms with E-state index < -0.39 is 0 Å². The van der Waals surface area contributed by atoms with E-state index in [1.807, 2.05) is 73.7 Å². The van der Waals surface area contributed by atoms with E-state index in [1.165, 1.54) is 0 Å². The number of para-hydroxylation sites is 2. The van der Waals surface area contributed by atoms with Crippen molar-refractivity contribution in [3.05, 3.63) is 88.4 Å². The highest BCUT2D eigenvalue weighted by Gasteiger charge is 2.12. The highest BCUT2D eigenvalue weighted by molar-refractivity contribution is 7.81. The molecular weight excluding hydrogens is 388 g/mol. The second-order valence-corrected chi connectivity index (χ2v) is 7.33. The average Bonchev–Trinajstić information content (AvgIpc) is 2.69. The topological polar surface area (TPSA) is 44.3 Å². The molecule has 3 rings (SSSR count). The van der Waals surface area contributed by atoms with Crippen LogP contribution >= 0.6 is 23.8 Å². The molecule has 0 saturated carbocycles. The molecule has 3 N–H and O–H groups in total. The minimum Gasteiger partial charge on any atom is -0.396 e. The highest BCUT2D eigenvalue weighted by atomic mass is 35.5. The Morgan fingerprint density at radius 2 is 1.68 bits per heavy atom. The minimum atomic E-state index is 0.167. The van der Waals surface area contributed by atoms with Gasteiger partial charge in [0.25, 0.3) is 0 Å². The number of rotatable bonds is 8. The number of aliphatic hydroxyl groups is 1. The fourth-order valence-electron chi connectivity index (χ4n) is 2.95. The molecule has 0 amide bonds. The van der Waals surface area contributed by atoms with Gasteiger partial charge in [0.05, 0.1) is 21.3 Å². The summed E-state index contributed by atoms with van der Waals surface area (Å²) in [4.78, 5) is 0.751. The molecule has 0 atom stereocenters. The zero-order valence-electron chi connectivity index (χ0n) is 15.7. The molecule has 0 saturated heterocycles. The molecule has 0 radical (unpaired) electrons. The summed E-state index contributed by atoms with van der Waals surface area (Å²) in [5, 5.41) is 16.3. The number of benzene rings is 3. The maximum Gasteiger partial charge on any atom is 0.0620 e. The third-order valence-corrected chi connectivity index (χ3v) is 5.21. The Labute approximate surface area is 176 Å². The van der Waals surface area contributed by atoms with Crippen molar-refractivity contribution in [1.82, 2.24) is 0 Å². The van der Waals surface area contributed by atoms with Crippen molar-refractivity contribution in [2.45, 2.75) is 13.3 Å². The van der Waals surface area contributed by atoms with Gasteiger partial charge in [-0.25, -0.2) is 0 Å². The van der Waals surface area contributed by atoms with Crippen LogP contribution in [0.1, 0.15) is 23.1 Å². The van der Waals surface area contributed by atoms with Gasteiger partial charge in [0.2, 0.25) is 0 Å². The van der Waals surface area contributed by atoms with Gasteiger partial charge >= 0.3 is 0 Å². The van der Waals surface area contributed by atoms with Gasteiger partial charge in [-0.3, -0.25) is 0 Å². The molecule has 0 unspecified atom stereocenters. The number of halogens is 1. The lowest BCUT2D eigenvalue weighted by molar-refractivity contribution is 0.292. The van der Waals surface area contributed by atoms with Crippen LogP contribution in [0.2, 0.25) is 5.02 Å². The summed E-state index contributed by atoms with van der Waals surface area (Å²) in [5.41, 5.74) is 5.83. The predicted molar refractivity (Wildman–Crippen MR) is 123 cm³/mol. The minimum absolute atomic E-state index is 0.167. The van der Waals surface area contributed by atoms with E-state index in [0.29, 0.717) is 18.0 Å². The van der Waals surface area contributed by atoms with Gasteiger partial charge in [-0.15, -0.1) is 0 Å². The van der Waals surface area contributed by atoms with E-state index in [9.17, 15) is 0 Å². The van der Waals surface area contributed by atoms with Crippen LogP contribution in [0, 0.1) is 6.92 Å². The first-order valence-electron chi connectivity index (χ1n) is 9.21. The SMILES string of the molecule is Cc1ccccc1C(=S)c1ccc(Nc2ccccc2NCCCO)cc1Cl. The molecule has 0 bridgehead atoms. The number of hydrogen-bond donors (Lipinski definition) is 3. The quantitative estimate of drug-likeness (QED) is 0.244. The molecule has 0 aliphatic rings. The van der Waals surface area contributed by atoms with E-state index in [-0.39, 0.29) is 6.61 Å². The molecule has 28 heavy (non-hydrogen) atoms. The molecule has 3 aromatic rings. The second-order valence-electron chi connectivity index (χ2n) is 6.51. The van der Waals surface area contributed by atoms with E-state index in [2.05, 4.69) is 10.6 Å². The molecule has 0 aromatic heterocycles. The van der Waals surface area contributed by atoms with E-state index >= 15 is 0 Å². The first-order valence-corrected chi connectivity index (χ1v) is 9.99. The third kappa shape index (κ3) is 4.90. The Morgan fingerprint density at radius 1 is 0.964 bits per heavy atom. The van der Waals surface area contributed by atoms with Gasteiger partial charge in [-0.05, 0) is 54.8 Å². The van der Waals surface area contributed by atoms with Crippen molar-refractivity contribution in [3.63, 3.8) is 0 Å². The first kappa shape index (κ1) is 20.3. The Hall–Kier alpha value is -2.40. The monoisotopic (exact) mass is 410 g/mol.